The van der Waals surface area contributed by atoms with Gasteiger partial charge in [-0.3, -0.25) is 0 Å². The van der Waals surface area contributed by atoms with Crippen molar-refractivity contribution in [3.05, 3.63) is 0 Å². The van der Waals surface area contributed by atoms with Gasteiger partial charge in [-0.2, -0.15) is 0 Å². The van der Waals surface area contributed by atoms with Crippen LogP contribution in [0.5, 0.6) is 0 Å². The van der Waals surface area contributed by atoms with E-state index in [1.807, 2.05) is 0 Å². The van der Waals surface area contributed by atoms with Gasteiger partial charge < -0.3 is 10.1 Å². The smallest absolute Gasteiger partial charge is 0.0465 e. The Morgan fingerprint density at radius 3 is 2.43 bits per heavy atom. The third-order valence-electron chi connectivity index (χ3n) is 2.79. The molecule has 0 aliphatic carbocycles. The van der Waals surface area contributed by atoms with Crippen LogP contribution in [0.3, 0.4) is 0 Å². The van der Waals surface area contributed by atoms with Crippen molar-refractivity contribution in [2.75, 3.05) is 20.3 Å². The normalized spacial score (nSPS) is 15.4. The third kappa shape index (κ3) is 7.34. The molecular formula is C12H27NO. The molecule has 86 valence electrons. The fraction of sp³-hybridized carbons (Fsp3) is 1.00. The van der Waals surface area contributed by atoms with E-state index in [9.17, 15) is 0 Å². The zero-order valence-electron chi connectivity index (χ0n) is 10.3. The maximum atomic E-state index is 5.12. The van der Waals surface area contributed by atoms with Crippen LogP contribution in [0.4, 0.5) is 0 Å². The summed E-state index contributed by atoms with van der Waals surface area (Å²) in [6, 6.07) is 0.650. The van der Waals surface area contributed by atoms with Crippen LogP contribution in [0.2, 0.25) is 0 Å². The van der Waals surface area contributed by atoms with Crippen LogP contribution in [0.25, 0.3) is 0 Å². The van der Waals surface area contributed by atoms with Gasteiger partial charge in [-0.15, -0.1) is 0 Å². The first-order valence-electron chi connectivity index (χ1n) is 5.96. The van der Waals surface area contributed by atoms with Crippen LogP contribution in [-0.2, 0) is 4.74 Å². The maximum absolute atomic E-state index is 5.12. The van der Waals surface area contributed by atoms with Crippen LogP contribution < -0.4 is 5.32 Å². The SMILES string of the molecule is CCC[C@@H](CCOC)CN[C@H](C)CC. The molecule has 0 fully saturated rings. The van der Waals surface area contributed by atoms with E-state index in [1.54, 1.807) is 7.11 Å². The zero-order chi connectivity index (χ0) is 10.8. The highest BCUT2D eigenvalue weighted by Crippen LogP contribution is 2.10. The summed E-state index contributed by atoms with van der Waals surface area (Å²) in [4.78, 5) is 0. The van der Waals surface area contributed by atoms with E-state index in [-0.39, 0.29) is 0 Å². The van der Waals surface area contributed by atoms with Crippen LogP contribution in [0.15, 0.2) is 0 Å². The van der Waals surface area contributed by atoms with Crippen molar-refractivity contribution in [1.82, 2.24) is 5.32 Å². The van der Waals surface area contributed by atoms with Gasteiger partial charge in [0, 0.05) is 19.8 Å². The summed E-state index contributed by atoms with van der Waals surface area (Å²) >= 11 is 0. The lowest BCUT2D eigenvalue weighted by atomic mass is 10.00. The summed E-state index contributed by atoms with van der Waals surface area (Å²) in [7, 11) is 1.78. The predicted molar refractivity (Wildman–Crippen MR) is 62.6 cm³/mol. The van der Waals surface area contributed by atoms with E-state index < -0.39 is 0 Å². The first-order valence-corrected chi connectivity index (χ1v) is 5.96. The molecule has 0 aromatic rings. The van der Waals surface area contributed by atoms with Gasteiger partial charge >= 0.3 is 0 Å². The topological polar surface area (TPSA) is 21.3 Å². The molecule has 0 unspecified atom stereocenters. The Bertz CT molecular complexity index is 117. The van der Waals surface area contributed by atoms with E-state index in [0.29, 0.717) is 6.04 Å². The fourth-order valence-electron chi connectivity index (χ4n) is 1.55. The van der Waals surface area contributed by atoms with Gasteiger partial charge in [0.05, 0.1) is 0 Å². The lowest BCUT2D eigenvalue weighted by molar-refractivity contribution is 0.173. The molecule has 0 aliphatic rings. The summed E-state index contributed by atoms with van der Waals surface area (Å²) in [5, 5.41) is 3.57. The molecule has 2 heteroatoms. The van der Waals surface area contributed by atoms with Crippen molar-refractivity contribution in [1.29, 1.82) is 0 Å². The van der Waals surface area contributed by atoms with E-state index in [2.05, 4.69) is 26.1 Å². The molecule has 0 aromatic carbocycles. The van der Waals surface area contributed by atoms with Crippen molar-refractivity contribution in [2.24, 2.45) is 5.92 Å². The van der Waals surface area contributed by atoms with E-state index in [0.717, 1.165) is 19.1 Å². The Kier molecular flexibility index (Phi) is 9.42. The molecule has 0 aliphatic heterocycles. The summed E-state index contributed by atoms with van der Waals surface area (Å²) in [6.45, 7) is 8.77. The highest BCUT2D eigenvalue weighted by atomic mass is 16.5. The number of rotatable bonds is 9. The average molecular weight is 201 g/mol. The lowest BCUT2D eigenvalue weighted by Crippen LogP contribution is -2.31. The second-order valence-corrected chi connectivity index (χ2v) is 4.15. The molecular weight excluding hydrogens is 174 g/mol. The second-order valence-electron chi connectivity index (χ2n) is 4.15. The Morgan fingerprint density at radius 1 is 1.21 bits per heavy atom. The van der Waals surface area contributed by atoms with Crippen molar-refractivity contribution in [3.63, 3.8) is 0 Å². The number of nitrogens with one attached hydrogen (secondary N) is 1. The summed E-state index contributed by atoms with van der Waals surface area (Å²) in [5.41, 5.74) is 0. The molecule has 1 N–H and O–H groups in total. The Morgan fingerprint density at radius 2 is 1.93 bits per heavy atom. The number of hydrogen-bond acceptors (Lipinski definition) is 2. The van der Waals surface area contributed by atoms with Crippen molar-refractivity contribution in [2.45, 2.75) is 52.5 Å². The Balaban J connectivity index is 3.60. The van der Waals surface area contributed by atoms with Gasteiger partial charge in [-0.25, -0.2) is 0 Å². The van der Waals surface area contributed by atoms with Gasteiger partial charge in [0.15, 0.2) is 0 Å². The summed E-state index contributed by atoms with van der Waals surface area (Å²) in [5.74, 6) is 0.786. The zero-order valence-corrected chi connectivity index (χ0v) is 10.3. The number of ether oxygens (including phenoxy) is 1. The molecule has 0 amide bonds. The molecule has 0 saturated heterocycles. The molecule has 14 heavy (non-hydrogen) atoms. The molecule has 0 saturated carbocycles. The minimum absolute atomic E-state index is 0.650. The minimum atomic E-state index is 0.650. The van der Waals surface area contributed by atoms with Crippen LogP contribution in [-0.4, -0.2) is 26.3 Å². The molecule has 0 rings (SSSR count). The quantitative estimate of drug-likeness (QED) is 0.619. The van der Waals surface area contributed by atoms with E-state index >= 15 is 0 Å². The summed E-state index contributed by atoms with van der Waals surface area (Å²) in [6.07, 6.45) is 4.99. The Hall–Kier alpha value is -0.0800. The van der Waals surface area contributed by atoms with E-state index in [1.165, 1.54) is 25.7 Å². The molecule has 0 radical (unpaired) electrons. The molecule has 0 bridgehead atoms. The van der Waals surface area contributed by atoms with Crippen LogP contribution in [0.1, 0.15) is 46.5 Å². The molecule has 0 aromatic heterocycles. The van der Waals surface area contributed by atoms with Gasteiger partial charge in [-0.05, 0) is 38.6 Å². The highest BCUT2D eigenvalue weighted by molar-refractivity contribution is 4.65. The monoisotopic (exact) mass is 201 g/mol. The predicted octanol–water partition coefficient (Wildman–Crippen LogP) is 2.83. The maximum Gasteiger partial charge on any atom is 0.0465 e. The fourth-order valence-corrected chi connectivity index (χ4v) is 1.55. The molecule has 0 spiro atoms. The van der Waals surface area contributed by atoms with Crippen LogP contribution in [0, 0.1) is 5.92 Å². The minimum Gasteiger partial charge on any atom is -0.385 e. The first kappa shape index (κ1) is 13.9. The number of methoxy groups -OCH3 is 1. The van der Waals surface area contributed by atoms with Crippen molar-refractivity contribution >= 4 is 0 Å². The Labute approximate surface area is 89.4 Å². The lowest BCUT2D eigenvalue weighted by Gasteiger charge is -2.19. The number of hydrogen-bond donors (Lipinski definition) is 1. The van der Waals surface area contributed by atoms with Gasteiger partial charge in [0.25, 0.3) is 0 Å². The molecule has 2 nitrogen and oxygen atoms in total. The largest absolute Gasteiger partial charge is 0.385 e. The standard InChI is InChI=1S/C12H27NO/c1-5-7-12(8-9-14-4)10-13-11(3)6-2/h11-13H,5-10H2,1-4H3/t11-,12+/m1/s1. The van der Waals surface area contributed by atoms with Crippen molar-refractivity contribution < 1.29 is 4.74 Å². The highest BCUT2D eigenvalue weighted by Gasteiger charge is 2.08. The molecule has 0 heterocycles. The first-order chi connectivity index (χ1) is 6.74. The molecule has 2 atom stereocenters. The second kappa shape index (κ2) is 9.47. The van der Waals surface area contributed by atoms with Gasteiger partial charge in [-0.1, -0.05) is 20.3 Å². The summed E-state index contributed by atoms with van der Waals surface area (Å²) < 4.78 is 5.12. The van der Waals surface area contributed by atoms with E-state index in [4.69, 9.17) is 4.74 Å². The average Bonchev–Trinajstić information content (AvgIpc) is 2.21. The van der Waals surface area contributed by atoms with Gasteiger partial charge in [0.2, 0.25) is 0 Å². The van der Waals surface area contributed by atoms with Gasteiger partial charge in [0.1, 0.15) is 0 Å². The van der Waals surface area contributed by atoms with Crippen LogP contribution >= 0.6 is 0 Å². The third-order valence-corrected chi connectivity index (χ3v) is 2.79. The van der Waals surface area contributed by atoms with Crippen molar-refractivity contribution in [3.8, 4) is 0 Å².